The predicted molar refractivity (Wildman–Crippen MR) is 125 cm³/mol. The van der Waals surface area contributed by atoms with Gasteiger partial charge in [-0.2, -0.15) is 5.10 Å². The molecule has 0 aliphatic heterocycles. The van der Waals surface area contributed by atoms with E-state index >= 15 is 0 Å². The highest BCUT2D eigenvalue weighted by Gasteiger charge is 2.14. The highest BCUT2D eigenvalue weighted by molar-refractivity contribution is 9.10. The van der Waals surface area contributed by atoms with Crippen molar-refractivity contribution in [1.29, 1.82) is 0 Å². The summed E-state index contributed by atoms with van der Waals surface area (Å²) in [5.41, 5.74) is 4.51. The van der Waals surface area contributed by atoms with E-state index in [1.54, 1.807) is 49.6 Å². The highest BCUT2D eigenvalue weighted by Crippen LogP contribution is 2.24. The van der Waals surface area contributed by atoms with Crippen molar-refractivity contribution in [3.63, 3.8) is 0 Å². The van der Waals surface area contributed by atoms with Crippen LogP contribution in [-0.2, 0) is 4.79 Å². The third kappa shape index (κ3) is 6.38. The molecule has 0 unspecified atom stereocenters. The van der Waals surface area contributed by atoms with Gasteiger partial charge in [0.2, 0.25) is 0 Å². The Morgan fingerprint density at radius 1 is 0.935 bits per heavy atom. The van der Waals surface area contributed by atoms with Crippen LogP contribution < -0.4 is 15.5 Å². The first kappa shape index (κ1) is 22.0. The number of halogens is 1. The molecule has 2 N–H and O–H groups in total. The van der Waals surface area contributed by atoms with Crippen LogP contribution in [-0.4, -0.2) is 25.1 Å². The second-order valence-corrected chi connectivity index (χ2v) is 7.24. The standard InChI is InChI=1S/C24H20BrN3O3/c1-31-22-13-12-18(14-20(22)25)16-26-28-24(30)21(15-17-8-4-2-5-9-17)27-23(29)19-10-6-3-7-11-19/h2-16H,1H3,(H,27,29)(H,28,30). The highest BCUT2D eigenvalue weighted by atomic mass is 79.9. The molecule has 31 heavy (non-hydrogen) atoms. The van der Waals surface area contributed by atoms with Crippen LogP contribution in [0.15, 0.2) is 94.1 Å². The van der Waals surface area contributed by atoms with Crippen LogP contribution in [0.4, 0.5) is 0 Å². The molecule has 156 valence electrons. The van der Waals surface area contributed by atoms with E-state index in [-0.39, 0.29) is 11.6 Å². The Morgan fingerprint density at radius 2 is 1.61 bits per heavy atom. The zero-order valence-corrected chi connectivity index (χ0v) is 18.3. The summed E-state index contributed by atoms with van der Waals surface area (Å²) < 4.78 is 5.96. The van der Waals surface area contributed by atoms with Crippen LogP contribution in [0.25, 0.3) is 6.08 Å². The van der Waals surface area contributed by atoms with Gasteiger partial charge in [0.05, 0.1) is 17.8 Å². The summed E-state index contributed by atoms with van der Waals surface area (Å²) in [6.07, 6.45) is 3.09. The van der Waals surface area contributed by atoms with Gasteiger partial charge in [-0.3, -0.25) is 9.59 Å². The van der Waals surface area contributed by atoms with Gasteiger partial charge in [0.1, 0.15) is 11.4 Å². The number of methoxy groups -OCH3 is 1. The number of hydrogen-bond acceptors (Lipinski definition) is 4. The number of benzene rings is 3. The third-order valence-corrected chi connectivity index (χ3v) is 4.81. The number of nitrogens with zero attached hydrogens (tertiary/aromatic N) is 1. The van der Waals surface area contributed by atoms with Crippen molar-refractivity contribution in [2.45, 2.75) is 0 Å². The maximum atomic E-state index is 12.7. The van der Waals surface area contributed by atoms with E-state index in [1.165, 1.54) is 6.21 Å². The van der Waals surface area contributed by atoms with Crippen molar-refractivity contribution in [3.8, 4) is 5.75 Å². The molecule has 0 aliphatic rings. The SMILES string of the molecule is COc1ccc(C=NNC(=O)C(=Cc2ccccc2)NC(=O)c2ccccc2)cc1Br. The number of carbonyl (C=O) groups excluding carboxylic acids is 2. The van der Waals surface area contributed by atoms with Gasteiger partial charge in [0, 0.05) is 5.56 Å². The lowest BCUT2D eigenvalue weighted by molar-refractivity contribution is -0.117. The first-order valence-corrected chi connectivity index (χ1v) is 10.2. The average Bonchev–Trinajstić information content (AvgIpc) is 2.80. The van der Waals surface area contributed by atoms with E-state index < -0.39 is 5.91 Å². The van der Waals surface area contributed by atoms with Crippen molar-refractivity contribution in [2.75, 3.05) is 7.11 Å². The molecule has 0 radical (unpaired) electrons. The molecule has 0 fully saturated rings. The lowest BCUT2D eigenvalue weighted by Gasteiger charge is -2.09. The van der Waals surface area contributed by atoms with E-state index in [0.29, 0.717) is 11.3 Å². The summed E-state index contributed by atoms with van der Waals surface area (Å²) in [6, 6.07) is 23.3. The zero-order valence-electron chi connectivity index (χ0n) is 16.7. The quantitative estimate of drug-likeness (QED) is 0.301. The zero-order chi connectivity index (χ0) is 22.1. The second kappa shape index (κ2) is 10.9. The Bertz CT molecular complexity index is 1110. The summed E-state index contributed by atoms with van der Waals surface area (Å²) in [6.45, 7) is 0. The Morgan fingerprint density at radius 3 is 2.26 bits per heavy atom. The van der Waals surface area contributed by atoms with Gasteiger partial charge in [-0.05, 0) is 63.5 Å². The largest absolute Gasteiger partial charge is 0.496 e. The first-order valence-electron chi connectivity index (χ1n) is 9.37. The van der Waals surface area contributed by atoms with Crippen LogP contribution >= 0.6 is 15.9 Å². The Hall–Kier alpha value is -3.71. The molecule has 2 amide bonds. The minimum Gasteiger partial charge on any atom is -0.496 e. The van der Waals surface area contributed by atoms with E-state index in [0.717, 1.165) is 15.6 Å². The van der Waals surface area contributed by atoms with E-state index in [9.17, 15) is 9.59 Å². The first-order chi connectivity index (χ1) is 15.1. The fourth-order valence-corrected chi connectivity index (χ4v) is 3.21. The average molecular weight is 478 g/mol. The molecule has 3 aromatic rings. The van der Waals surface area contributed by atoms with Gasteiger partial charge in [0.25, 0.3) is 11.8 Å². The fourth-order valence-electron chi connectivity index (χ4n) is 2.65. The number of hydrogen-bond donors (Lipinski definition) is 2. The molecule has 0 heterocycles. The molecule has 7 heteroatoms. The number of ether oxygens (including phenoxy) is 1. The summed E-state index contributed by atoms with van der Waals surface area (Å²) in [4.78, 5) is 25.3. The van der Waals surface area contributed by atoms with Crippen molar-refractivity contribution >= 4 is 40.0 Å². The van der Waals surface area contributed by atoms with Crippen LogP contribution in [0.2, 0.25) is 0 Å². The normalized spacial score (nSPS) is 11.2. The van der Waals surface area contributed by atoms with Gasteiger partial charge in [-0.15, -0.1) is 0 Å². The molecule has 0 saturated heterocycles. The molecule has 0 spiro atoms. The molecule has 0 bridgehead atoms. The van der Waals surface area contributed by atoms with Crippen LogP contribution in [0.1, 0.15) is 21.5 Å². The monoisotopic (exact) mass is 477 g/mol. The molecule has 0 aliphatic carbocycles. The third-order valence-electron chi connectivity index (χ3n) is 4.19. The number of hydrazone groups is 1. The van der Waals surface area contributed by atoms with Crippen molar-refractivity contribution in [2.24, 2.45) is 5.10 Å². The second-order valence-electron chi connectivity index (χ2n) is 6.38. The van der Waals surface area contributed by atoms with E-state index in [2.05, 4.69) is 31.8 Å². The maximum Gasteiger partial charge on any atom is 0.287 e. The van der Waals surface area contributed by atoms with Crippen LogP contribution in [0, 0.1) is 0 Å². The van der Waals surface area contributed by atoms with Crippen molar-refractivity contribution < 1.29 is 14.3 Å². The summed E-state index contributed by atoms with van der Waals surface area (Å²) >= 11 is 3.41. The summed E-state index contributed by atoms with van der Waals surface area (Å²) in [5.74, 6) is -0.240. The van der Waals surface area contributed by atoms with Gasteiger partial charge < -0.3 is 10.1 Å². The molecule has 0 saturated carbocycles. The molecule has 6 nitrogen and oxygen atoms in total. The summed E-state index contributed by atoms with van der Waals surface area (Å²) in [5, 5.41) is 6.67. The molecule has 3 rings (SSSR count). The maximum absolute atomic E-state index is 12.7. The van der Waals surface area contributed by atoms with Gasteiger partial charge in [-0.25, -0.2) is 5.43 Å². The fraction of sp³-hybridized carbons (Fsp3) is 0.0417. The molecular formula is C24H20BrN3O3. The molecule has 0 atom stereocenters. The van der Waals surface area contributed by atoms with Crippen LogP contribution in [0.3, 0.4) is 0 Å². The van der Waals surface area contributed by atoms with Crippen LogP contribution in [0.5, 0.6) is 5.75 Å². The lowest BCUT2D eigenvalue weighted by atomic mass is 10.1. The van der Waals surface area contributed by atoms with Gasteiger partial charge in [0.15, 0.2) is 0 Å². The van der Waals surface area contributed by atoms with Crippen molar-refractivity contribution in [1.82, 2.24) is 10.7 Å². The Labute approximate surface area is 188 Å². The molecular weight excluding hydrogens is 458 g/mol. The van der Waals surface area contributed by atoms with Crippen molar-refractivity contribution in [3.05, 3.63) is 106 Å². The van der Waals surface area contributed by atoms with E-state index in [4.69, 9.17) is 4.74 Å². The lowest BCUT2D eigenvalue weighted by Crippen LogP contribution is -2.32. The number of amides is 2. The minimum absolute atomic E-state index is 0.0770. The molecule has 0 aromatic heterocycles. The van der Waals surface area contributed by atoms with Gasteiger partial charge in [-0.1, -0.05) is 48.5 Å². The van der Waals surface area contributed by atoms with E-state index in [1.807, 2.05) is 42.5 Å². The minimum atomic E-state index is -0.544. The Kier molecular flexibility index (Phi) is 7.73. The number of carbonyl (C=O) groups is 2. The molecule has 3 aromatic carbocycles. The van der Waals surface area contributed by atoms with Gasteiger partial charge >= 0.3 is 0 Å². The smallest absolute Gasteiger partial charge is 0.287 e. The Balaban J connectivity index is 1.76. The predicted octanol–water partition coefficient (Wildman–Crippen LogP) is 4.38. The topological polar surface area (TPSA) is 79.8 Å². The number of rotatable bonds is 7. The summed E-state index contributed by atoms with van der Waals surface area (Å²) in [7, 11) is 1.58. The number of nitrogens with one attached hydrogen (secondary N) is 2.